The molecule has 2 aromatic carbocycles. The number of para-hydroxylation sites is 1. The highest BCUT2D eigenvalue weighted by Crippen LogP contribution is 2.34. The Morgan fingerprint density at radius 2 is 1.90 bits per heavy atom. The van der Waals surface area contributed by atoms with E-state index < -0.39 is 11.4 Å². The van der Waals surface area contributed by atoms with Crippen molar-refractivity contribution in [3.63, 3.8) is 0 Å². The number of benzene rings is 2. The SMILES string of the molecule is COc1c(OOS(=O)[O-])cccc1C(=O)C1CCN(CCc2ccc(F)cc2)CC1. The Morgan fingerprint density at radius 3 is 2.53 bits per heavy atom. The van der Waals surface area contributed by atoms with Crippen molar-refractivity contribution in [1.82, 2.24) is 4.90 Å². The van der Waals surface area contributed by atoms with Crippen LogP contribution in [0.5, 0.6) is 11.5 Å². The lowest BCUT2D eigenvalue weighted by atomic mass is 9.88. The molecule has 0 N–H and O–H groups in total. The normalized spacial score (nSPS) is 16.2. The molecule has 0 saturated carbocycles. The third-order valence-corrected chi connectivity index (χ3v) is 5.40. The van der Waals surface area contributed by atoms with E-state index in [4.69, 9.17) is 9.62 Å². The second-order valence-corrected chi connectivity index (χ2v) is 7.59. The van der Waals surface area contributed by atoms with Gasteiger partial charge in [0.15, 0.2) is 11.5 Å². The molecule has 1 saturated heterocycles. The van der Waals surface area contributed by atoms with E-state index in [9.17, 15) is 17.9 Å². The number of rotatable bonds is 9. The van der Waals surface area contributed by atoms with Gasteiger partial charge in [-0.3, -0.25) is 4.79 Å². The van der Waals surface area contributed by atoms with Crippen molar-refractivity contribution >= 4 is 17.1 Å². The van der Waals surface area contributed by atoms with Gasteiger partial charge in [-0.25, -0.2) is 8.60 Å². The van der Waals surface area contributed by atoms with Gasteiger partial charge in [-0.1, -0.05) is 22.5 Å². The number of piperidine rings is 1. The van der Waals surface area contributed by atoms with Crippen LogP contribution in [-0.2, 0) is 22.1 Å². The first kappa shape index (κ1) is 22.4. The zero-order valence-corrected chi connectivity index (χ0v) is 17.4. The van der Waals surface area contributed by atoms with Gasteiger partial charge in [0.2, 0.25) is 5.75 Å². The predicted octanol–water partition coefficient (Wildman–Crippen LogP) is 3.08. The second kappa shape index (κ2) is 10.6. The summed E-state index contributed by atoms with van der Waals surface area (Å²) in [4.78, 5) is 20.1. The van der Waals surface area contributed by atoms with Crippen LogP contribution in [0.4, 0.5) is 4.39 Å². The molecule has 1 unspecified atom stereocenters. The second-order valence-electron chi connectivity index (χ2n) is 7.05. The number of carbonyl (C=O) groups is 1. The summed E-state index contributed by atoms with van der Waals surface area (Å²) in [6, 6.07) is 11.2. The summed E-state index contributed by atoms with van der Waals surface area (Å²) >= 11 is -2.86. The third-order valence-electron chi connectivity index (χ3n) is 5.22. The minimum absolute atomic E-state index is 0.0179. The smallest absolute Gasteiger partial charge is 0.209 e. The van der Waals surface area contributed by atoms with Gasteiger partial charge in [0.25, 0.3) is 0 Å². The predicted molar refractivity (Wildman–Crippen MR) is 107 cm³/mol. The molecular formula is C21H23FNO6S-. The lowest BCUT2D eigenvalue weighted by Crippen LogP contribution is -2.37. The van der Waals surface area contributed by atoms with Crippen LogP contribution in [0.25, 0.3) is 0 Å². The van der Waals surface area contributed by atoms with Gasteiger partial charge < -0.3 is 19.1 Å². The van der Waals surface area contributed by atoms with Crippen LogP contribution in [0.3, 0.4) is 0 Å². The summed E-state index contributed by atoms with van der Waals surface area (Å²) in [6.45, 7) is 2.42. The summed E-state index contributed by atoms with van der Waals surface area (Å²) in [5, 5.41) is 0. The van der Waals surface area contributed by atoms with E-state index in [-0.39, 0.29) is 29.0 Å². The molecular weight excluding hydrogens is 413 g/mol. The molecule has 9 heteroatoms. The summed E-state index contributed by atoms with van der Waals surface area (Å²) in [7, 11) is 1.38. The molecule has 0 aromatic heterocycles. The molecule has 1 aliphatic rings. The minimum atomic E-state index is -2.86. The number of halogens is 1. The van der Waals surface area contributed by atoms with Crippen molar-refractivity contribution < 1.29 is 31.9 Å². The number of hydrogen-bond donors (Lipinski definition) is 0. The molecule has 1 atom stereocenters. The van der Waals surface area contributed by atoms with Crippen LogP contribution in [0.15, 0.2) is 42.5 Å². The molecule has 1 fully saturated rings. The Labute approximate surface area is 177 Å². The zero-order chi connectivity index (χ0) is 21.5. The lowest BCUT2D eigenvalue weighted by molar-refractivity contribution is -0.0963. The number of likely N-dealkylation sites (tertiary alicyclic amines) is 1. The van der Waals surface area contributed by atoms with Crippen LogP contribution in [0, 0.1) is 11.7 Å². The van der Waals surface area contributed by atoms with E-state index in [2.05, 4.69) is 9.23 Å². The Balaban J connectivity index is 1.57. The number of carbonyl (C=O) groups excluding carboxylic acids is 1. The number of nitrogens with zero attached hydrogens (tertiary/aromatic N) is 1. The van der Waals surface area contributed by atoms with Gasteiger partial charge >= 0.3 is 0 Å². The molecule has 7 nitrogen and oxygen atoms in total. The summed E-state index contributed by atoms with van der Waals surface area (Å²) in [5.41, 5.74) is 1.41. The average Bonchev–Trinajstić information content (AvgIpc) is 2.76. The van der Waals surface area contributed by atoms with E-state index >= 15 is 0 Å². The zero-order valence-electron chi connectivity index (χ0n) is 16.5. The van der Waals surface area contributed by atoms with Crippen molar-refractivity contribution in [2.75, 3.05) is 26.7 Å². The van der Waals surface area contributed by atoms with Gasteiger partial charge in [0.1, 0.15) is 17.2 Å². The van der Waals surface area contributed by atoms with E-state index in [0.29, 0.717) is 18.4 Å². The molecule has 0 spiro atoms. The maximum absolute atomic E-state index is 13.0. The van der Waals surface area contributed by atoms with Crippen molar-refractivity contribution in [2.45, 2.75) is 19.3 Å². The third kappa shape index (κ3) is 5.85. The monoisotopic (exact) mass is 436 g/mol. The van der Waals surface area contributed by atoms with E-state index in [1.807, 2.05) is 0 Å². The average molecular weight is 436 g/mol. The molecule has 162 valence electrons. The number of ketones is 1. The quantitative estimate of drug-likeness (QED) is 0.258. The van der Waals surface area contributed by atoms with Crippen LogP contribution in [0.2, 0.25) is 0 Å². The molecule has 0 bridgehead atoms. The fourth-order valence-electron chi connectivity index (χ4n) is 3.63. The number of Topliss-reactive ketones (excluding diaryl/α,β-unsaturated/α-hetero) is 1. The molecule has 2 aromatic rings. The fraction of sp³-hybridized carbons (Fsp3) is 0.381. The van der Waals surface area contributed by atoms with Gasteiger partial charge in [0.05, 0.1) is 12.7 Å². The molecule has 0 aliphatic carbocycles. The molecule has 1 heterocycles. The van der Waals surface area contributed by atoms with Gasteiger partial charge in [-0.15, -0.1) is 0 Å². The molecule has 0 radical (unpaired) electrons. The van der Waals surface area contributed by atoms with E-state index in [1.54, 1.807) is 24.3 Å². The van der Waals surface area contributed by atoms with Crippen LogP contribution >= 0.6 is 0 Å². The molecule has 3 rings (SSSR count). The van der Waals surface area contributed by atoms with Crippen LogP contribution in [-0.4, -0.2) is 46.2 Å². The van der Waals surface area contributed by atoms with Crippen molar-refractivity contribution in [3.05, 3.63) is 59.4 Å². The van der Waals surface area contributed by atoms with Gasteiger partial charge in [-0.05, 0) is 62.2 Å². The molecule has 1 aliphatic heterocycles. The van der Waals surface area contributed by atoms with E-state index in [1.165, 1.54) is 25.3 Å². The Hall–Kier alpha value is -2.33. The van der Waals surface area contributed by atoms with Crippen LogP contribution in [0.1, 0.15) is 28.8 Å². The fourth-order valence-corrected chi connectivity index (χ4v) is 3.76. The van der Waals surface area contributed by atoms with Crippen molar-refractivity contribution in [1.29, 1.82) is 0 Å². The minimum Gasteiger partial charge on any atom is -0.747 e. The maximum atomic E-state index is 13.0. The Bertz CT molecular complexity index is 884. The van der Waals surface area contributed by atoms with E-state index in [0.717, 1.165) is 31.6 Å². The maximum Gasteiger partial charge on any atom is 0.209 e. The highest BCUT2D eigenvalue weighted by Gasteiger charge is 2.28. The first-order chi connectivity index (χ1) is 14.5. The summed E-state index contributed by atoms with van der Waals surface area (Å²) in [5.74, 6) is -0.309. The highest BCUT2D eigenvalue weighted by molar-refractivity contribution is 7.73. The Kier molecular flexibility index (Phi) is 7.92. The van der Waals surface area contributed by atoms with Crippen molar-refractivity contribution in [3.8, 4) is 11.5 Å². The lowest BCUT2D eigenvalue weighted by Gasteiger charge is -2.31. The molecule has 0 amide bonds. The highest BCUT2D eigenvalue weighted by atomic mass is 32.2. The van der Waals surface area contributed by atoms with Gasteiger partial charge in [0, 0.05) is 12.5 Å². The molecule has 30 heavy (non-hydrogen) atoms. The number of hydrogen-bond acceptors (Lipinski definition) is 7. The first-order valence-corrected chi connectivity index (χ1v) is 10.6. The topological polar surface area (TPSA) is 88.1 Å². The van der Waals surface area contributed by atoms with Crippen LogP contribution < -0.4 is 9.62 Å². The number of methoxy groups -OCH3 is 1. The first-order valence-electron chi connectivity index (χ1n) is 9.60. The summed E-state index contributed by atoms with van der Waals surface area (Å²) in [6.07, 6.45) is 2.24. The number of ether oxygens (including phenoxy) is 1. The Morgan fingerprint density at radius 1 is 1.20 bits per heavy atom. The largest absolute Gasteiger partial charge is 0.747 e. The summed E-state index contributed by atoms with van der Waals surface area (Å²) < 4.78 is 43.5. The van der Waals surface area contributed by atoms with Crippen molar-refractivity contribution in [2.24, 2.45) is 5.92 Å². The standard InChI is InChI=1S/C21H24FNO6S/c1-27-21-18(3-2-4-19(21)28-29-30(25)26)20(24)16-10-13-23(14-11-16)12-9-15-5-7-17(22)8-6-15/h2-8,16H,9-14H2,1H3,(H,25,26)/p-1. The van der Waals surface area contributed by atoms with Gasteiger partial charge in [-0.2, -0.15) is 0 Å².